The minimum Gasteiger partial charge on any atom is -0.257 e. The quantitative estimate of drug-likeness (QED) is 0.689. The van der Waals surface area contributed by atoms with Crippen LogP contribution in [0.25, 0.3) is 12.2 Å². The average molecular weight is 187 g/mol. The SMILES string of the molecule is C/C=c1/nccc/c1=C/C=C\C(C)C. The molecular weight excluding hydrogens is 170 g/mol. The number of rotatable bonds is 2. The first-order valence-electron chi connectivity index (χ1n) is 5.00. The lowest BCUT2D eigenvalue weighted by molar-refractivity contribution is 0.832. The van der Waals surface area contributed by atoms with Crippen LogP contribution in [0, 0.1) is 5.92 Å². The zero-order valence-electron chi connectivity index (χ0n) is 9.07. The van der Waals surface area contributed by atoms with Gasteiger partial charge in [-0.3, -0.25) is 4.98 Å². The lowest BCUT2D eigenvalue weighted by atomic mass is 10.2. The summed E-state index contributed by atoms with van der Waals surface area (Å²) in [6.45, 7) is 6.34. The average Bonchev–Trinajstić information content (AvgIpc) is 2.18. The van der Waals surface area contributed by atoms with E-state index in [2.05, 4.69) is 43.1 Å². The van der Waals surface area contributed by atoms with Gasteiger partial charge in [-0.05, 0) is 24.1 Å². The predicted octanol–water partition coefficient (Wildman–Crippen LogP) is 1.87. The Bertz CT molecular complexity index is 413. The van der Waals surface area contributed by atoms with Crippen LogP contribution in [-0.4, -0.2) is 4.98 Å². The summed E-state index contributed by atoms with van der Waals surface area (Å²) in [7, 11) is 0. The number of hydrogen-bond donors (Lipinski definition) is 0. The van der Waals surface area contributed by atoms with Crippen molar-refractivity contribution in [3.05, 3.63) is 41.0 Å². The molecule has 0 aliphatic rings. The van der Waals surface area contributed by atoms with Crippen LogP contribution in [0.1, 0.15) is 20.8 Å². The second kappa shape index (κ2) is 5.38. The van der Waals surface area contributed by atoms with Crippen LogP contribution >= 0.6 is 0 Å². The third-order valence-electron chi connectivity index (χ3n) is 1.92. The highest BCUT2D eigenvalue weighted by Crippen LogP contribution is 1.92. The Morgan fingerprint density at radius 1 is 1.36 bits per heavy atom. The van der Waals surface area contributed by atoms with Crippen molar-refractivity contribution in [2.45, 2.75) is 20.8 Å². The van der Waals surface area contributed by atoms with E-state index in [0.717, 1.165) is 5.35 Å². The molecule has 0 radical (unpaired) electrons. The molecule has 0 saturated carbocycles. The van der Waals surface area contributed by atoms with Gasteiger partial charge in [0.15, 0.2) is 0 Å². The van der Waals surface area contributed by atoms with Gasteiger partial charge in [0, 0.05) is 6.20 Å². The zero-order valence-corrected chi connectivity index (χ0v) is 9.07. The Labute approximate surface area is 85.5 Å². The summed E-state index contributed by atoms with van der Waals surface area (Å²) in [6.07, 6.45) is 10.2. The van der Waals surface area contributed by atoms with Gasteiger partial charge in [0.05, 0.1) is 5.35 Å². The van der Waals surface area contributed by atoms with Crippen molar-refractivity contribution in [1.29, 1.82) is 0 Å². The van der Waals surface area contributed by atoms with Gasteiger partial charge < -0.3 is 0 Å². The van der Waals surface area contributed by atoms with Gasteiger partial charge in [0.2, 0.25) is 0 Å². The first-order chi connectivity index (χ1) is 6.74. The topological polar surface area (TPSA) is 12.9 Å². The minimum absolute atomic E-state index is 0.594. The summed E-state index contributed by atoms with van der Waals surface area (Å²) in [5.74, 6) is 0.594. The van der Waals surface area contributed by atoms with Crippen molar-refractivity contribution in [3.63, 3.8) is 0 Å². The molecule has 0 bridgehead atoms. The van der Waals surface area contributed by atoms with Gasteiger partial charge in [0.1, 0.15) is 0 Å². The van der Waals surface area contributed by atoms with Crippen LogP contribution in [0.3, 0.4) is 0 Å². The van der Waals surface area contributed by atoms with Crippen LogP contribution in [0.4, 0.5) is 0 Å². The van der Waals surface area contributed by atoms with E-state index >= 15 is 0 Å². The summed E-state index contributed by atoms with van der Waals surface area (Å²) in [4.78, 5) is 4.27. The van der Waals surface area contributed by atoms with E-state index in [9.17, 15) is 0 Å². The molecule has 14 heavy (non-hydrogen) atoms. The van der Waals surface area contributed by atoms with Crippen molar-refractivity contribution in [3.8, 4) is 0 Å². The van der Waals surface area contributed by atoms with Crippen LogP contribution in [-0.2, 0) is 0 Å². The van der Waals surface area contributed by atoms with E-state index in [0.29, 0.717) is 5.92 Å². The van der Waals surface area contributed by atoms with Crippen molar-refractivity contribution in [1.82, 2.24) is 4.98 Å². The van der Waals surface area contributed by atoms with Gasteiger partial charge in [0.25, 0.3) is 0 Å². The maximum absolute atomic E-state index is 4.27. The number of nitrogens with zero attached hydrogens (tertiary/aromatic N) is 1. The molecule has 1 heterocycles. The van der Waals surface area contributed by atoms with Gasteiger partial charge in [-0.15, -0.1) is 0 Å². The smallest absolute Gasteiger partial charge is 0.0659 e. The largest absolute Gasteiger partial charge is 0.257 e. The molecule has 0 aromatic carbocycles. The molecule has 0 aliphatic carbocycles. The standard InChI is InChI=1S/C13H17N/c1-4-13-12(9-6-10-14-13)8-5-7-11(2)3/h4-11H,1-3H3/b7-5-,12-8-,13-4+. The molecule has 0 saturated heterocycles. The Morgan fingerprint density at radius 3 is 2.79 bits per heavy atom. The summed E-state index contributed by atoms with van der Waals surface area (Å²) in [5.41, 5.74) is 0. The van der Waals surface area contributed by atoms with Gasteiger partial charge in [-0.25, -0.2) is 0 Å². The Kier molecular flexibility index (Phi) is 4.11. The van der Waals surface area contributed by atoms with Crippen LogP contribution in [0.2, 0.25) is 0 Å². The van der Waals surface area contributed by atoms with E-state index in [1.54, 1.807) is 0 Å². The van der Waals surface area contributed by atoms with Gasteiger partial charge >= 0.3 is 0 Å². The third-order valence-corrected chi connectivity index (χ3v) is 1.92. The van der Waals surface area contributed by atoms with E-state index in [-0.39, 0.29) is 0 Å². The first kappa shape index (κ1) is 10.7. The summed E-state index contributed by atoms with van der Waals surface area (Å²) in [5, 5.41) is 2.22. The van der Waals surface area contributed by atoms with Crippen molar-refractivity contribution < 1.29 is 0 Å². The molecule has 0 N–H and O–H groups in total. The lowest BCUT2D eigenvalue weighted by Crippen LogP contribution is -2.26. The van der Waals surface area contributed by atoms with Crippen LogP contribution in [0.15, 0.2) is 30.5 Å². The fourth-order valence-electron chi connectivity index (χ4n) is 1.19. The molecule has 74 valence electrons. The minimum atomic E-state index is 0.594. The van der Waals surface area contributed by atoms with E-state index in [1.807, 2.05) is 25.3 Å². The molecule has 1 nitrogen and oxygen atoms in total. The molecule has 0 aliphatic heterocycles. The second-order valence-corrected chi connectivity index (χ2v) is 3.56. The molecule has 1 aromatic rings. The highest BCUT2D eigenvalue weighted by Gasteiger charge is 1.83. The Morgan fingerprint density at radius 2 is 2.14 bits per heavy atom. The van der Waals surface area contributed by atoms with E-state index in [4.69, 9.17) is 0 Å². The number of aromatic nitrogens is 1. The number of pyridine rings is 1. The van der Waals surface area contributed by atoms with E-state index < -0.39 is 0 Å². The molecule has 0 unspecified atom stereocenters. The molecular formula is C13H17N. The van der Waals surface area contributed by atoms with Gasteiger partial charge in [-0.2, -0.15) is 0 Å². The molecule has 0 atom stereocenters. The third kappa shape index (κ3) is 3.17. The second-order valence-electron chi connectivity index (χ2n) is 3.56. The maximum Gasteiger partial charge on any atom is 0.0659 e. The fraction of sp³-hybridized carbons (Fsp3) is 0.308. The van der Waals surface area contributed by atoms with E-state index in [1.165, 1.54) is 5.22 Å². The summed E-state index contributed by atoms with van der Waals surface area (Å²) in [6, 6.07) is 4.04. The Balaban J connectivity index is 3.07. The molecule has 0 spiro atoms. The van der Waals surface area contributed by atoms with Crippen molar-refractivity contribution >= 4 is 12.2 Å². The lowest BCUT2D eigenvalue weighted by Gasteiger charge is -1.90. The predicted molar refractivity (Wildman–Crippen MR) is 62.1 cm³/mol. The van der Waals surface area contributed by atoms with Crippen LogP contribution < -0.4 is 10.6 Å². The highest BCUT2D eigenvalue weighted by atomic mass is 14.6. The molecule has 1 aromatic heterocycles. The first-order valence-corrected chi connectivity index (χ1v) is 5.00. The number of allylic oxidation sites excluding steroid dienone is 2. The van der Waals surface area contributed by atoms with Crippen LogP contribution in [0.5, 0.6) is 0 Å². The molecule has 0 amide bonds. The molecule has 0 fully saturated rings. The van der Waals surface area contributed by atoms with Crippen molar-refractivity contribution in [2.24, 2.45) is 5.92 Å². The maximum atomic E-state index is 4.27. The normalized spacial score (nSPS) is 14.6. The van der Waals surface area contributed by atoms with Gasteiger partial charge in [-0.1, -0.05) is 44.2 Å². The summed E-state index contributed by atoms with van der Waals surface area (Å²) >= 11 is 0. The zero-order chi connectivity index (χ0) is 10.4. The van der Waals surface area contributed by atoms with Crippen molar-refractivity contribution in [2.75, 3.05) is 0 Å². The fourth-order valence-corrected chi connectivity index (χ4v) is 1.19. The Hall–Kier alpha value is -1.37. The molecule has 1 heteroatoms. The summed E-state index contributed by atoms with van der Waals surface area (Å²) < 4.78 is 0. The highest BCUT2D eigenvalue weighted by molar-refractivity contribution is 5.37. The molecule has 1 rings (SSSR count). The number of hydrogen-bond acceptors (Lipinski definition) is 1. The monoisotopic (exact) mass is 187 g/mol.